The number of aromatic nitrogens is 5. The molecule has 45 heavy (non-hydrogen) atoms. The Kier molecular flexibility index (Phi) is 8.32. The van der Waals surface area contributed by atoms with E-state index in [2.05, 4.69) is 15.4 Å². The Bertz CT molecular complexity index is 1980. The molecule has 0 saturated heterocycles. The van der Waals surface area contributed by atoms with Crippen molar-refractivity contribution in [3.63, 3.8) is 0 Å². The molecule has 1 N–H and O–H groups in total. The van der Waals surface area contributed by atoms with Gasteiger partial charge in [0.1, 0.15) is 0 Å². The minimum Gasteiger partial charge on any atom is -0.465 e. The molecule has 1 aliphatic heterocycles. The maximum absolute atomic E-state index is 13.8. The summed E-state index contributed by atoms with van der Waals surface area (Å²) in [5.74, 6) is -0.758. The highest BCUT2D eigenvalue weighted by molar-refractivity contribution is 6.31. The number of nitrogens with zero attached hydrogens (tertiary/aromatic N) is 5. The highest BCUT2D eigenvalue weighted by Crippen LogP contribution is 2.35. The summed E-state index contributed by atoms with van der Waals surface area (Å²) in [5, 5.41) is 7.88. The molecule has 0 radical (unpaired) electrons. The van der Waals surface area contributed by atoms with Crippen LogP contribution in [0.5, 0.6) is 0 Å². The Morgan fingerprint density at radius 2 is 1.84 bits per heavy atom. The van der Waals surface area contributed by atoms with E-state index < -0.39 is 12.0 Å². The van der Waals surface area contributed by atoms with Gasteiger partial charge >= 0.3 is 5.97 Å². The number of hydrogen-bond acceptors (Lipinski definition) is 7. The zero-order chi connectivity index (χ0) is 31.7. The van der Waals surface area contributed by atoms with E-state index >= 15 is 0 Å². The number of hydrogen-bond donors (Lipinski definition) is 1. The van der Waals surface area contributed by atoms with E-state index in [1.165, 1.54) is 13.2 Å². The lowest BCUT2D eigenvalue weighted by Gasteiger charge is -2.22. The van der Waals surface area contributed by atoms with Crippen LogP contribution in [-0.2, 0) is 16.6 Å². The zero-order valence-electron chi connectivity index (χ0n) is 25.0. The van der Waals surface area contributed by atoms with Crippen LogP contribution in [0.25, 0.3) is 33.6 Å². The summed E-state index contributed by atoms with van der Waals surface area (Å²) in [6, 6.07) is 17.3. The number of halogens is 1. The van der Waals surface area contributed by atoms with Crippen molar-refractivity contribution in [2.24, 2.45) is 13.0 Å². The van der Waals surface area contributed by atoms with Crippen molar-refractivity contribution < 1.29 is 14.3 Å². The molecule has 2 bridgehead atoms. The van der Waals surface area contributed by atoms with Crippen LogP contribution in [0.4, 0.5) is 5.69 Å². The molecule has 10 nitrogen and oxygen atoms in total. The van der Waals surface area contributed by atoms with Crippen molar-refractivity contribution >= 4 is 29.2 Å². The predicted octanol–water partition coefficient (Wildman–Crippen LogP) is 6.16. The lowest BCUT2D eigenvalue weighted by atomic mass is 9.96. The molecule has 1 aliphatic rings. The maximum atomic E-state index is 13.8. The fraction of sp³-hybridized carbons (Fsp3) is 0.235. The zero-order valence-corrected chi connectivity index (χ0v) is 25.8. The second-order valence-corrected chi connectivity index (χ2v) is 11.6. The first kappa shape index (κ1) is 30.0. The normalized spacial score (nSPS) is 16.6. The number of esters is 1. The summed E-state index contributed by atoms with van der Waals surface area (Å²) in [5.41, 5.74) is 5.66. The van der Waals surface area contributed by atoms with Gasteiger partial charge in [-0.25, -0.2) is 9.78 Å². The minimum atomic E-state index is -0.447. The average Bonchev–Trinajstić information content (AvgIpc) is 3.41. The second kappa shape index (κ2) is 12.5. The fourth-order valence-electron chi connectivity index (χ4n) is 5.79. The smallest absolute Gasteiger partial charge is 0.337 e. The number of methoxy groups -OCH3 is 1. The summed E-state index contributed by atoms with van der Waals surface area (Å²) >= 11 is 6.41. The number of carbonyl (C=O) groups excluding carboxylic acids is 2. The standard InChI is InChI=1S/C34H31ClN6O4/c1-20-6-4-9-30(28-15-22(12-13-36-28)32-29(39-33(20)43)18-38-40(32)2)41-19-37-27(17-31(41)42)26-16-24(35)10-11-25(26)21-7-5-8-23(14-21)34(44)45-3/h5,7-8,10-20,30H,4,6,9H2,1-3H3,(H,39,43)/t20-,30+/m1/s1. The van der Waals surface area contributed by atoms with Crippen LogP contribution >= 0.6 is 11.6 Å². The van der Waals surface area contributed by atoms with Gasteiger partial charge in [0.15, 0.2) is 0 Å². The number of fused-ring (bicyclic) bond motifs is 4. The van der Waals surface area contributed by atoms with E-state index in [1.807, 2.05) is 38.2 Å². The molecule has 3 aromatic heterocycles. The first-order chi connectivity index (χ1) is 21.7. The number of ether oxygens (including phenoxy) is 1. The molecule has 1 amide bonds. The Balaban J connectivity index is 1.42. The molecule has 2 atom stereocenters. The van der Waals surface area contributed by atoms with Crippen molar-refractivity contribution in [3.8, 4) is 33.6 Å². The van der Waals surface area contributed by atoms with Gasteiger partial charge in [-0.15, -0.1) is 0 Å². The van der Waals surface area contributed by atoms with Crippen LogP contribution in [0, 0.1) is 5.92 Å². The van der Waals surface area contributed by atoms with Crippen LogP contribution in [0.2, 0.25) is 5.02 Å². The van der Waals surface area contributed by atoms with Gasteiger partial charge in [-0.2, -0.15) is 5.10 Å². The summed E-state index contributed by atoms with van der Waals surface area (Å²) < 4.78 is 8.20. The highest BCUT2D eigenvalue weighted by Gasteiger charge is 2.24. The van der Waals surface area contributed by atoms with Gasteiger partial charge in [-0.1, -0.05) is 43.1 Å². The molecule has 5 aromatic rings. The number of nitrogens with one attached hydrogen (secondary N) is 1. The van der Waals surface area contributed by atoms with Gasteiger partial charge in [0.05, 0.1) is 54.0 Å². The first-order valence-corrected chi connectivity index (χ1v) is 15.0. The molecule has 0 saturated carbocycles. The Labute approximate surface area is 264 Å². The number of aryl methyl sites for hydroxylation is 1. The maximum Gasteiger partial charge on any atom is 0.337 e. The van der Waals surface area contributed by atoms with E-state index in [4.69, 9.17) is 21.3 Å². The Morgan fingerprint density at radius 3 is 2.64 bits per heavy atom. The molecular formula is C34H31ClN6O4. The second-order valence-electron chi connectivity index (χ2n) is 11.1. The number of pyridine rings is 1. The minimum absolute atomic E-state index is 0.0757. The van der Waals surface area contributed by atoms with Crippen LogP contribution in [0.3, 0.4) is 0 Å². The van der Waals surface area contributed by atoms with Crippen LogP contribution in [-0.4, -0.2) is 43.3 Å². The van der Waals surface area contributed by atoms with Gasteiger partial charge in [-0.05, 0) is 60.4 Å². The largest absolute Gasteiger partial charge is 0.465 e. The number of carbonyl (C=O) groups is 2. The van der Waals surface area contributed by atoms with Crippen molar-refractivity contribution in [2.75, 3.05) is 12.4 Å². The van der Waals surface area contributed by atoms with Crippen LogP contribution in [0.15, 0.2) is 84.2 Å². The van der Waals surface area contributed by atoms with Crippen molar-refractivity contribution in [2.45, 2.75) is 32.2 Å². The first-order valence-electron chi connectivity index (χ1n) is 14.6. The van der Waals surface area contributed by atoms with Gasteiger partial charge in [0.25, 0.3) is 5.56 Å². The Hall–Kier alpha value is -5.09. The van der Waals surface area contributed by atoms with Gasteiger partial charge < -0.3 is 10.1 Å². The third-order valence-corrected chi connectivity index (χ3v) is 8.41. The molecule has 228 valence electrons. The van der Waals surface area contributed by atoms with E-state index in [-0.39, 0.29) is 17.4 Å². The highest BCUT2D eigenvalue weighted by atomic mass is 35.5. The lowest BCUT2D eigenvalue weighted by molar-refractivity contribution is -0.119. The summed E-state index contributed by atoms with van der Waals surface area (Å²) in [6.45, 7) is 1.90. The molecule has 0 spiro atoms. The Morgan fingerprint density at radius 1 is 1.00 bits per heavy atom. The van der Waals surface area contributed by atoms with Gasteiger partial charge in [-0.3, -0.25) is 23.8 Å². The molecule has 4 heterocycles. The van der Waals surface area contributed by atoms with Gasteiger partial charge in [0, 0.05) is 41.4 Å². The lowest BCUT2D eigenvalue weighted by Crippen LogP contribution is -2.27. The monoisotopic (exact) mass is 622 g/mol. The van der Waals surface area contributed by atoms with E-state index in [0.717, 1.165) is 22.4 Å². The fourth-order valence-corrected chi connectivity index (χ4v) is 5.96. The van der Waals surface area contributed by atoms with Gasteiger partial charge in [0.2, 0.25) is 5.91 Å². The van der Waals surface area contributed by atoms with Crippen molar-refractivity contribution in [3.05, 3.63) is 106 Å². The topological polar surface area (TPSA) is 121 Å². The van der Waals surface area contributed by atoms with Crippen molar-refractivity contribution in [1.29, 1.82) is 0 Å². The summed E-state index contributed by atoms with van der Waals surface area (Å²) in [7, 11) is 3.16. The third-order valence-electron chi connectivity index (χ3n) is 8.18. The molecule has 0 unspecified atom stereocenters. The molecule has 0 aliphatic carbocycles. The molecular weight excluding hydrogens is 592 g/mol. The van der Waals surface area contributed by atoms with E-state index in [0.29, 0.717) is 52.5 Å². The van der Waals surface area contributed by atoms with E-state index in [1.54, 1.807) is 58.3 Å². The van der Waals surface area contributed by atoms with Crippen LogP contribution in [0.1, 0.15) is 48.3 Å². The molecule has 2 aromatic carbocycles. The quantitative estimate of drug-likeness (QED) is 0.238. The van der Waals surface area contributed by atoms with Crippen molar-refractivity contribution in [1.82, 2.24) is 24.3 Å². The number of amides is 1. The number of rotatable bonds is 4. The molecule has 11 heteroatoms. The predicted molar refractivity (Wildman–Crippen MR) is 172 cm³/mol. The number of anilines is 1. The molecule has 6 rings (SSSR count). The summed E-state index contributed by atoms with van der Waals surface area (Å²) in [6.07, 6.45) is 6.80. The summed E-state index contributed by atoms with van der Waals surface area (Å²) in [4.78, 5) is 48.4. The third kappa shape index (κ3) is 6.01. The van der Waals surface area contributed by atoms with Crippen LogP contribution < -0.4 is 10.9 Å². The number of benzene rings is 2. The average molecular weight is 623 g/mol. The SMILES string of the molecule is COC(=O)c1cccc(-c2ccc(Cl)cc2-c2cc(=O)n([C@H]3CCC[C@@H](C)C(=O)Nc4cnn(C)c4-c4ccnc3c4)cn2)c1. The van der Waals surface area contributed by atoms with E-state index in [9.17, 15) is 14.4 Å². The molecule has 0 fully saturated rings.